The molecule has 2 aromatic rings. The molecule has 120 valence electrons. The molecule has 0 unspecified atom stereocenters. The lowest BCUT2D eigenvalue weighted by molar-refractivity contribution is -0.139. The number of benzene rings is 2. The number of carbonyl (C=O) groups is 2. The first-order valence-corrected chi connectivity index (χ1v) is 7.24. The van der Waals surface area contributed by atoms with Gasteiger partial charge in [0.25, 0.3) is 0 Å². The van der Waals surface area contributed by atoms with Crippen LogP contribution in [0.5, 0.6) is 0 Å². The molecule has 5 nitrogen and oxygen atoms in total. The van der Waals surface area contributed by atoms with Crippen LogP contribution in [-0.4, -0.2) is 38.4 Å². The van der Waals surface area contributed by atoms with Gasteiger partial charge in [0.15, 0.2) is 0 Å². The molecule has 5 heteroatoms. The average Bonchev–Trinajstić information content (AvgIpc) is 2.59. The van der Waals surface area contributed by atoms with Crippen LogP contribution in [0, 0.1) is 0 Å². The van der Waals surface area contributed by atoms with Crippen molar-refractivity contribution in [2.24, 2.45) is 0 Å². The van der Waals surface area contributed by atoms with Gasteiger partial charge in [-0.25, -0.2) is 9.59 Å². The first-order chi connectivity index (χ1) is 11.2. The molecule has 0 aliphatic rings. The number of esters is 2. The molecule has 0 heterocycles. The summed E-state index contributed by atoms with van der Waals surface area (Å²) in [5.74, 6) is -0.875. The molecule has 2 rings (SSSR count). The molecule has 2 aromatic carbocycles. The zero-order valence-electron chi connectivity index (χ0n) is 12.7. The molecule has 23 heavy (non-hydrogen) atoms. The van der Waals surface area contributed by atoms with Crippen LogP contribution in [0.25, 0.3) is 10.8 Å². The predicted molar refractivity (Wildman–Crippen MR) is 86.2 cm³/mol. The maximum Gasteiger partial charge on any atom is 0.338 e. The number of fused-ring (bicyclic) bond motifs is 1. The lowest BCUT2D eigenvalue weighted by atomic mass is 10.1. The Hall–Kier alpha value is -2.66. The zero-order chi connectivity index (χ0) is 16.5. The second kappa shape index (κ2) is 8.70. The van der Waals surface area contributed by atoms with E-state index in [4.69, 9.17) is 14.2 Å². The van der Waals surface area contributed by atoms with Crippen LogP contribution < -0.4 is 0 Å². The summed E-state index contributed by atoms with van der Waals surface area (Å²) in [6.07, 6.45) is 1.09. The first-order valence-electron chi connectivity index (χ1n) is 7.24. The highest BCUT2D eigenvalue weighted by Crippen LogP contribution is 2.19. The molecule has 0 saturated carbocycles. The molecule has 0 atom stereocenters. The lowest BCUT2D eigenvalue weighted by Gasteiger charge is -2.08. The SMILES string of the molecule is C=CC(=O)OCCOCCOC(=O)c1cccc2ccccc12. The van der Waals surface area contributed by atoms with Crippen LogP contribution in [0.4, 0.5) is 0 Å². The van der Waals surface area contributed by atoms with Crippen molar-refractivity contribution in [3.8, 4) is 0 Å². The minimum absolute atomic E-state index is 0.136. The largest absolute Gasteiger partial charge is 0.460 e. The molecular weight excluding hydrogens is 296 g/mol. The molecule has 0 aliphatic heterocycles. The Bertz CT molecular complexity index is 687. The monoisotopic (exact) mass is 314 g/mol. The third-order valence-corrected chi connectivity index (χ3v) is 3.11. The van der Waals surface area contributed by atoms with E-state index in [-0.39, 0.29) is 32.4 Å². The molecule has 0 N–H and O–H groups in total. The Morgan fingerprint density at radius 3 is 2.39 bits per heavy atom. The van der Waals surface area contributed by atoms with Crippen molar-refractivity contribution in [2.75, 3.05) is 26.4 Å². The highest BCUT2D eigenvalue weighted by Gasteiger charge is 2.10. The molecule has 0 spiro atoms. The normalized spacial score (nSPS) is 10.3. The third-order valence-electron chi connectivity index (χ3n) is 3.11. The van der Waals surface area contributed by atoms with Gasteiger partial charge in [-0.2, -0.15) is 0 Å². The molecule has 0 aromatic heterocycles. The number of carbonyl (C=O) groups excluding carboxylic acids is 2. The molecular formula is C18H18O5. The summed E-state index contributed by atoms with van der Waals surface area (Å²) < 4.78 is 15.2. The van der Waals surface area contributed by atoms with E-state index in [1.54, 1.807) is 6.07 Å². The third kappa shape index (κ3) is 4.93. The minimum Gasteiger partial charge on any atom is -0.460 e. The van der Waals surface area contributed by atoms with Crippen molar-refractivity contribution in [2.45, 2.75) is 0 Å². The summed E-state index contributed by atoms with van der Waals surface area (Å²) >= 11 is 0. The van der Waals surface area contributed by atoms with Crippen molar-refractivity contribution >= 4 is 22.7 Å². The van der Waals surface area contributed by atoms with Crippen LogP contribution in [0.2, 0.25) is 0 Å². The summed E-state index contributed by atoms with van der Waals surface area (Å²) in [6.45, 7) is 4.04. The standard InChI is InChI=1S/C18H18O5/c1-2-17(19)22-12-10-21-11-13-23-18(20)16-9-5-7-14-6-3-4-8-15(14)16/h2-9H,1,10-13H2. The van der Waals surface area contributed by atoms with E-state index in [2.05, 4.69) is 6.58 Å². The van der Waals surface area contributed by atoms with Crippen molar-refractivity contribution in [1.82, 2.24) is 0 Å². The summed E-state index contributed by atoms with van der Waals surface area (Å²) in [5, 5.41) is 1.85. The fourth-order valence-electron chi connectivity index (χ4n) is 2.04. The lowest BCUT2D eigenvalue weighted by Crippen LogP contribution is -2.14. The molecule has 0 radical (unpaired) electrons. The maximum absolute atomic E-state index is 12.1. The van der Waals surface area contributed by atoms with Gasteiger partial charge >= 0.3 is 11.9 Å². The van der Waals surface area contributed by atoms with Gasteiger partial charge in [-0.3, -0.25) is 0 Å². The van der Waals surface area contributed by atoms with Crippen LogP contribution in [0.15, 0.2) is 55.1 Å². The van der Waals surface area contributed by atoms with Gasteiger partial charge in [0.05, 0.1) is 18.8 Å². The Kier molecular flexibility index (Phi) is 6.32. The maximum atomic E-state index is 12.1. The van der Waals surface area contributed by atoms with Gasteiger partial charge in [-0.1, -0.05) is 43.0 Å². The van der Waals surface area contributed by atoms with E-state index < -0.39 is 5.97 Å². The van der Waals surface area contributed by atoms with Crippen molar-refractivity contribution in [1.29, 1.82) is 0 Å². The van der Waals surface area contributed by atoms with Crippen LogP contribution >= 0.6 is 0 Å². The second-order valence-electron chi connectivity index (χ2n) is 4.65. The molecule has 0 amide bonds. The number of rotatable bonds is 8. The van der Waals surface area contributed by atoms with Crippen molar-refractivity contribution < 1.29 is 23.8 Å². The summed E-state index contributed by atoms with van der Waals surface area (Å²) in [7, 11) is 0. The summed E-state index contributed by atoms with van der Waals surface area (Å²) in [4.78, 5) is 22.9. The van der Waals surface area contributed by atoms with Crippen LogP contribution in [0.1, 0.15) is 10.4 Å². The summed E-state index contributed by atoms with van der Waals surface area (Å²) in [5.41, 5.74) is 0.531. The highest BCUT2D eigenvalue weighted by atomic mass is 16.6. The van der Waals surface area contributed by atoms with Gasteiger partial charge in [0.1, 0.15) is 13.2 Å². The minimum atomic E-state index is -0.490. The molecule has 0 fully saturated rings. The van der Waals surface area contributed by atoms with E-state index >= 15 is 0 Å². The second-order valence-corrected chi connectivity index (χ2v) is 4.65. The molecule has 0 bridgehead atoms. The van der Waals surface area contributed by atoms with Crippen molar-refractivity contribution in [3.05, 3.63) is 60.7 Å². The predicted octanol–water partition coefficient (Wildman–Crippen LogP) is 2.74. The van der Waals surface area contributed by atoms with E-state index in [1.165, 1.54) is 0 Å². The van der Waals surface area contributed by atoms with Gasteiger partial charge in [0, 0.05) is 6.08 Å². The quantitative estimate of drug-likeness (QED) is 0.426. The number of ether oxygens (including phenoxy) is 3. The first kappa shape index (κ1) is 16.7. The van der Waals surface area contributed by atoms with E-state index in [9.17, 15) is 9.59 Å². The van der Waals surface area contributed by atoms with Crippen LogP contribution in [0.3, 0.4) is 0 Å². The Balaban J connectivity index is 1.75. The highest BCUT2D eigenvalue weighted by molar-refractivity contribution is 6.04. The molecule has 0 saturated heterocycles. The zero-order valence-corrected chi connectivity index (χ0v) is 12.7. The number of hydrogen-bond donors (Lipinski definition) is 0. The Morgan fingerprint density at radius 1 is 0.913 bits per heavy atom. The Labute approximate surface area is 134 Å². The molecule has 0 aliphatic carbocycles. The number of hydrogen-bond acceptors (Lipinski definition) is 5. The summed E-state index contributed by atoms with van der Waals surface area (Å²) in [6, 6.07) is 13.1. The van der Waals surface area contributed by atoms with E-state index in [0.717, 1.165) is 16.8 Å². The van der Waals surface area contributed by atoms with Gasteiger partial charge in [0.2, 0.25) is 0 Å². The van der Waals surface area contributed by atoms with Crippen molar-refractivity contribution in [3.63, 3.8) is 0 Å². The van der Waals surface area contributed by atoms with E-state index in [0.29, 0.717) is 5.56 Å². The van der Waals surface area contributed by atoms with Crippen LogP contribution in [-0.2, 0) is 19.0 Å². The Morgan fingerprint density at radius 2 is 1.61 bits per heavy atom. The van der Waals surface area contributed by atoms with Gasteiger partial charge in [-0.05, 0) is 16.8 Å². The topological polar surface area (TPSA) is 61.8 Å². The smallest absolute Gasteiger partial charge is 0.338 e. The van der Waals surface area contributed by atoms with Gasteiger partial charge in [-0.15, -0.1) is 0 Å². The fourth-order valence-corrected chi connectivity index (χ4v) is 2.04. The van der Waals surface area contributed by atoms with Gasteiger partial charge < -0.3 is 14.2 Å². The average molecular weight is 314 g/mol. The van der Waals surface area contributed by atoms with E-state index in [1.807, 2.05) is 36.4 Å². The fraction of sp³-hybridized carbons (Fsp3) is 0.222.